The molecule has 1 heterocycles. The first-order valence-corrected chi connectivity index (χ1v) is 12.3. The lowest BCUT2D eigenvalue weighted by atomic mass is 10.0. The van der Waals surface area contributed by atoms with Crippen LogP contribution >= 0.6 is 46.4 Å². The zero-order valence-corrected chi connectivity index (χ0v) is 21.0. The summed E-state index contributed by atoms with van der Waals surface area (Å²) in [5, 5.41) is 25.7. The number of nitrogens with one attached hydrogen (secondary N) is 1. The van der Waals surface area contributed by atoms with Gasteiger partial charge in [-0.15, -0.1) is 0 Å². The quantitative estimate of drug-likeness (QED) is 0.391. The Hall–Kier alpha value is -0.960. The van der Waals surface area contributed by atoms with E-state index in [1.54, 1.807) is 36.4 Å². The first kappa shape index (κ1) is 26.6. The van der Waals surface area contributed by atoms with Gasteiger partial charge in [-0.05, 0) is 50.2 Å². The van der Waals surface area contributed by atoms with Crippen molar-refractivity contribution in [2.45, 2.75) is 31.1 Å². The molecule has 3 N–H and O–H groups in total. The zero-order chi connectivity index (χ0) is 23.8. The minimum absolute atomic E-state index is 0.162. The van der Waals surface area contributed by atoms with Crippen molar-refractivity contribution in [3.8, 4) is 11.5 Å². The second-order valence-electron chi connectivity index (χ2n) is 8.06. The largest absolute Gasteiger partial charge is 0.491 e. The van der Waals surface area contributed by atoms with E-state index >= 15 is 0 Å². The lowest BCUT2D eigenvalue weighted by Gasteiger charge is -2.33. The van der Waals surface area contributed by atoms with Gasteiger partial charge in [-0.2, -0.15) is 0 Å². The number of likely N-dealkylation sites (tertiary alicyclic amines) is 1. The van der Waals surface area contributed by atoms with Crippen LogP contribution in [-0.4, -0.2) is 72.8 Å². The van der Waals surface area contributed by atoms with Gasteiger partial charge in [-0.25, -0.2) is 0 Å². The minimum Gasteiger partial charge on any atom is -0.491 e. The number of β-amino-alcohol motifs (C(OH)–C–C–N with tert-alkyl or cyclic N) is 1. The van der Waals surface area contributed by atoms with Crippen LogP contribution in [0, 0.1) is 0 Å². The van der Waals surface area contributed by atoms with Crippen LogP contribution in [0.15, 0.2) is 36.4 Å². The van der Waals surface area contributed by atoms with E-state index in [0.717, 1.165) is 25.9 Å². The van der Waals surface area contributed by atoms with Crippen LogP contribution in [0.5, 0.6) is 11.5 Å². The van der Waals surface area contributed by atoms with Crippen LogP contribution in [0.25, 0.3) is 0 Å². The fraction of sp³-hybridized carbons (Fsp3) is 0.478. The average molecular weight is 538 g/mol. The molecule has 0 spiro atoms. The third-order valence-electron chi connectivity index (χ3n) is 5.37. The van der Waals surface area contributed by atoms with E-state index in [1.165, 1.54) is 0 Å². The van der Waals surface area contributed by atoms with E-state index in [1.807, 2.05) is 0 Å². The van der Waals surface area contributed by atoms with E-state index in [0.29, 0.717) is 50.7 Å². The maximum absolute atomic E-state index is 10.3. The van der Waals surface area contributed by atoms with Crippen LogP contribution < -0.4 is 14.8 Å². The lowest BCUT2D eigenvalue weighted by Crippen LogP contribution is -2.47. The summed E-state index contributed by atoms with van der Waals surface area (Å²) in [4.78, 5) is 2.21. The average Bonchev–Trinajstić information content (AvgIpc) is 2.80. The predicted molar refractivity (Wildman–Crippen MR) is 133 cm³/mol. The van der Waals surface area contributed by atoms with Crippen molar-refractivity contribution < 1.29 is 19.7 Å². The lowest BCUT2D eigenvalue weighted by molar-refractivity contribution is 0.0556. The third-order valence-corrected chi connectivity index (χ3v) is 6.84. The molecular formula is C23H28Cl4N2O4. The highest BCUT2D eigenvalue weighted by molar-refractivity contribution is 6.42. The molecule has 1 aliphatic rings. The molecule has 0 aromatic heterocycles. The molecule has 0 radical (unpaired) electrons. The van der Waals surface area contributed by atoms with Gasteiger partial charge < -0.3 is 29.9 Å². The second kappa shape index (κ2) is 13.2. The van der Waals surface area contributed by atoms with Gasteiger partial charge in [0.15, 0.2) is 0 Å². The van der Waals surface area contributed by atoms with Gasteiger partial charge in [0, 0.05) is 31.3 Å². The number of hydrogen-bond acceptors (Lipinski definition) is 6. The molecular weight excluding hydrogens is 510 g/mol. The molecule has 6 nitrogen and oxygen atoms in total. The summed E-state index contributed by atoms with van der Waals surface area (Å²) in [6, 6.07) is 10.3. The summed E-state index contributed by atoms with van der Waals surface area (Å²) in [5.41, 5.74) is 0. The second-order valence-corrected chi connectivity index (χ2v) is 9.69. The van der Waals surface area contributed by atoms with E-state index in [4.69, 9.17) is 55.9 Å². The third kappa shape index (κ3) is 8.96. The molecule has 10 heteroatoms. The van der Waals surface area contributed by atoms with E-state index in [2.05, 4.69) is 10.2 Å². The number of hydrogen-bond donors (Lipinski definition) is 3. The maximum Gasteiger partial charge on any atom is 0.121 e. The van der Waals surface area contributed by atoms with Crippen LogP contribution in [0.2, 0.25) is 20.1 Å². The summed E-state index contributed by atoms with van der Waals surface area (Å²) in [6.07, 6.45) is 0.615. The topological polar surface area (TPSA) is 74.2 Å². The summed E-state index contributed by atoms with van der Waals surface area (Å²) in [7, 11) is 0. The molecule has 0 amide bonds. The zero-order valence-electron chi connectivity index (χ0n) is 18.0. The summed E-state index contributed by atoms with van der Waals surface area (Å²) >= 11 is 23.7. The van der Waals surface area contributed by atoms with Crippen LogP contribution in [0.3, 0.4) is 0 Å². The molecule has 1 aliphatic heterocycles. The van der Waals surface area contributed by atoms with Crippen molar-refractivity contribution in [1.82, 2.24) is 10.2 Å². The number of aliphatic hydroxyl groups excluding tert-OH is 2. The van der Waals surface area contributed by atoms with Crippen molar-refractivity contribution in [2.75, 3.05) is 39.4 Å². The molecule has 2 atom stereocenters. The van der Waals surface area contributed by atoms with Crippen LogP contribution in [-0.2, 0) is 0 Å². The van der Waals surface area contributed by atoms with Crippen LogP contribution in [0.1, 0.15) is 12.8 Å². The number of rotatable bonds is 11. The van der Waals surface area contributed by atoms with Crippen molar-refractivity contribution in [3.05, 3.63) is 56.5 Å². The number of ether oxygens (including phenoxy) is 2. The summed E-state index contributed by atoms with van der Waals surface area (Å²) in [5.74, 6) is 1.14. The van der Waals surface area contributed by atoms with Crippen molar-refractivity contribution in [2.24, 2.45) is 0 Å². The fourth-order valence-electron chi connectivity index (χ4n) is 3.55. The first-order valence-electron chi connectivity index (χ1n) is 10.8. The highest BCUT2D eigenvalue weighted by Gasteiger charge is 2.22. The number of benzene rings is 2. The van der Waals surface area contributed by atoms with Crippen LogP contribution in [0.4, 0.5) is 0 Å². The molecule has 1 saturated heterocycles. The molecule has 0 aliphatic carbocycles. The number of piperidine rings is 1. The Morgan fingerprint density at radius 1 is 0.818 bits per heavy atom. The minimum atomic E-state index is -0.641. The highest BCUT2D eigenvalue weighted by Crippen LogP contribution is 2.27. The first-order chi connectivity index (χ1) is 15.8. The molecule has 182 valence electrons. The summed E-state index contributed by atoms with van der Waals surface area (Å²) in [6.45, 7) is 3.03. The normalized spacial score (nSPS) is 17.0. The SMILES string of the molecule is OC(CNC1CCN(CC(O)COc2ccc(Cl)c(Cl)c2)CC1)COc1ccc(Cl)c(Cl)c1. The number of aliphatic hydroxyl groups is 2. The Morgan fingerprint density at radius 2 is 1.33 bits per heavy atom. The molecule has 2 aromatic rings. The smallest absolute Gasteiger partial charge is 0.121 e. The number of nitrogens with zero attached hydrogens (tertiary/aromatic N) is 1. The molecule has 3 rings (SSSR count). The van der Waals surface area contributed by atoms with E-state index < -0.39 is 12.2 Å². The van der Waals surface area contributed by atoms with Gasteiger partial charge in [0.1, 0.15) is 36.9 Å². The number of halogens is 4. The summed E-state index contributed by atoms with van der Waals surface area (Å²) < 4.78 is 11.2. The standard InChI is InChI=1S/C23H28Cl4N2O4/c24-20-3-1-18(9-22(20)26)32-13-16(30)11-28-15-5-7-29(8-6-15)12-17(31)14-33-19-2-4-21(25)23(27)10-19/h1-4,9-10,15-17,28,30-31H,5-8,11-14H2. The van der Waals surface area contributed by atoms with Gasteiger partial charge in [-0.1, -0.05) is 46.4 Å². The fourth-order valence-corrected chi connectivity index (χ4v) is 4.13. The van der Waals surface area contributed by atoms with Gasteiger partial charge in [0.2, 0.25) is 0 Å². The van der Waals surface area contributed by atoms with E-state index in [9.17, 15) is 10.2 Å². The molecule has 0 bridgehead atoms. The van der Waals surface area contributed by atoms with Gasteiger partial charge in [0.25, 0.3) is 0 Å². The van der Waals surface area contributed by atoms with Gasteiger partial charge in [0.05, 0.1) is 20.1 Å². The van der Waals surface area contributed by atoms with Crippen molar-refractivity contribution >= 4 is 46.4 Å². The van der Waals surface area contributed by atoms with Gasteiger partial charge >= 0.3 is 0 Å². The molecule has 33 heavy (non-hydrogen) atoms. The Labute approximate surface area is 214 Å². The predicted octanol–water partition coefficient (Wildman–Crippen LogP) is 4.53. The molecule has 0 saturated carbocycles. The van der Waals surface area contributed by atoms with Crippen molar-refractivity contribution in [3.63, 3.8) is 0 Å². The highest BCUT2D eigenvalue weighted by atomic mass is 35.5. The molecule has 2 unspecified atom stereocenters. The molecule has 1 fully saturated rings. The maximum atomic E-state index is 10.3. The van der Waals surface area contributed by atoms with Gasteiger partial charge in [-0.3, -0.25) is 0 Å². The van der Waals surface area contributed by atoms with Crippen molar-refractivity contribution in [1.29, 1.82) is 0 Å². The Balaban J connectivity index is 1.29. The molecule has 2 aromatic carbocycles. The Kier molecular flexibility index (Phi) is 10.7. The van der Waals surface area contributed by atoms with E-state index in [-0.39, 0.29) is 13.2 Å². The monoisotopic (exact) mass is 536 g/mol. The Morgan fingerprint density at radius 3 is 1.85 bits per heavy atom. The Bertz CT molecular complexity index is 897.